The molecule has 0 saturated heterocycles. The fraction of sp³-hybridized carbons (Fsp3) is 0.200. The molecule has 0 unspecified atom stereocenters. The van der Waals surface area contributed by atoms with Crippen LogP contribution >= 0.6 is 0 Å². The number of nitrogens with two attached hydrogens (primary N) is 1. The van der Waals surface area contributed by atoms with Crippen LogP contribution < -0.4 is 10.5 Å². The zero-order chi connectivity index (χ0) is 12.1. The molecule has 0 aliphatic heterocycles. The fourth-order valence-electron chi connectivity index (χ4n) is 1.04. The minimum Gasteiger partial charge on any atom is -0.478 e. The van der Waals surface area contributed by atoms with Crippen LogP contribution in [0.2, 0.25) is 0 Å². The minimum absolute atomic E-state index is 0.133. The normalized spacial score (nSPS) is 9.56. The lowest BCUT2D eigenvalue weighted by atomic mass is 10.2. The Bertz CT molecular complexity index is 416. The van der Waals surface area contributed by atoms with E-state index in [0.29, 0.717) is 5.69 Å². The molecule has 3 N–H and O–H groups in total. The third kappa shape index (κ3) is 2.88. The number of hydrogen-bond acceptors (Lipinski definition) is 5. The van der Waals surface area contributed by atoms with Gasteiger partial charge in [-0.2, -0.15) is 0 Å². The molecule has 1 aromatic rings. The van der Waals surface area contributed by atoms with E-state index in [1.807, 2.05) is 0 Å². The van der Waals surface area contributed by atoms with Gasteiger partial charge in [0, 0.05) is 11.8 Å². The molecule has 1 rings (SSSR count). The Morgan fingerprint density at radius 2 is 2.12 bits per heavy atom. The molecule has 0 aliphatic rings. The minimum atomic E-state index is -1.21. The van der Waals surface area contributed by atoms with Gasteiger partial charge in [-0.15, -0.1) is 0 Å². The molecule has 1 aromatic carbocycles. The van der Waals surface area contributed by atoms with E-state index in [4.69, 9.17) is 15.6 Å². The average molecular weight is 225 g/mol. The van der Waals surface area contributed by atoms with Crippen molar-refractivity contribution in [1.29, 1.82) is 0 Å². The van der Waals surface area contributed by atoms with Gasteiger partial charge in [0.15, 0.2) is 5.75 Å². The largest absolute Gasteiger partial charge is 0.513 e. The van der Waals surface area contributed by atoms with Crippen LogP contribution in [-0.2, 0) is 4.74 Å². The first kappa shape index (κ1) is 11.8. The lowest BCUT2D eigenvalue weighted by Gasteiger charge is -2.07. The van der Waals surface area contributed by atoms with Crippen molar-refractivity contribution >= 4 is 17.8 Å². The average Bonchev–Trinajstić information content (AvgIpc) is 2.17. The second-order valence-corrected chi connectivity index (χ2v) is 2.85. The van der Waals surface area contributed by atoms with Crippen molar-refractivity contribution < 1.29 is 24.2 Å². The summed E-state index contributed by atoms with van der Waals surface area (Å²) in [5.74, 6) is -1.34. The van der Waals surface area contributed by atoms with Gasteiger partial charge in [0.05, 0.1) is 6.61 Å². The maximum atomic E-state index is 11.0. The Kier molecular flexibility index (Phi) is 3.71. The number of ether oxygens (including phenoxy) is 2. The van der Waals surface area contributed by atoms with Gasteiger partial charge >= 0.3 is 12.1 Å². The van der Waals surface area contributed by atoms with E-state index in [1.54, 1.807) is 6.92 Å². The third-order valence-corrected chi connectivity index (χ3v) is 1.69. The van der Waals surface area contributed by atoms with Gasteiger partial charge in [0.1, 0.15) is 5.56 Å². The molecular weight excluding hydrogens is 214 g/mol. The summed E-state index contributed by atoms with van der Waals surface area (Å²) in [7, 11) is 0. The molecule has 0 fully saturated rings. The van der Waals surface area contributed by atoms with Crippen LogP contribution in [0.15, 0.2) is 18.2 Å². The maximum Gasteiger partial charge on any atom is 0.513 e. The number of aromatic carboxylic acids is 1. The monoisotopic (exact) mass is 225 g/mol. The fourth-order valence-corrected chi connectivity index (χ4v) is 1.04. The van der Waals surface area contributed by atoms with Crippen molar-refractivity contribution in [2.75, 3.05) is 12.3 Å². The molecule has 0 radical (unpaired) electrons. The molecule has 0 saturated carbocycles. The summed E-state index contributed by atoms with van der Waals surface area (Å²) in [5, 5.41) is 8.83. The van der Waals surface area contributed by atoms with Crippen molar-refractivity contribution in [2.45, 2.75) is 6.92 Å². The number of carboxylic acid groups (broad SMARTS) is 1. The van der Waals surface area contributed by atoms with Gasteiger partial charge in [-0.3, -0.25) is 0 Å². The van der Waals surface area contributed by atoms with Gasteiger partial charge in [-0.05, 0) is 19.1 Å². The molecule has 0 amide bonds. The van der Waals surface area contributed by atoms with Crippen LogP contribution in [0.5, 0.6) is 5.75 Å². The lowest BCUT2D eigenvalue weighted by molar-refractivity contribution is 0.0690. The Morgan fingerprint density at radius 1 is 1.44 bits per heavy atom. The first-order chi connectivity index (χ1) is 7.54. The van der Waals surface area contributed by atoms with Crippen molar-refractivity contribution in [2.24, 2.45) is 0 Å². The second kappa shape index (κ2) is 5.01. The van der Waals surface area contributed by atoms with E-state index < -0.39 is 12.1 Å². The zero-order valence-corrected chi connectivity index (χ0v) is 8.60. The van der Waals surface area contributed by atoms with Gasteiger partial charge in [0.2, 0.25) is 0 Å². The molecule has 86 valence electrons. The van der Waals surface area contributed by atoms with Gasteiger partial charge in [-0.1, -0.05) is 0 Å². The smallest absolute Gasteiger partial charge is 0.478 e. The Balaban J connectivity index is 2.96. The molecule has 16 heavy (non-hydrogen) atoms. The lowest BCUT2D eigenvalue weighted by Crippen LogP contribution is -2.13. The predicted molar refractivity (Wildman–Crippen MR) is 55.5 cm³/mol. The first-order valence-electron chi connectivity index (χ1n) is 4.52. The molecule has 0 atom stereocenters. The number of nitrogen functional groups attached to an aromatic ring is 1. The van der Waals surface area contributed by atoms with Gasteiger partial charge in [0.25, 0.3) is 0 Å². The summed E-state index contributed by atoms with van der Waals surface area (Å²) in [6.07, 6.45) is -0.962. The highest BCUT2D eigenvalue weighted by Gasteiger charge is 2.15. The topological polar surface area (TPSA) is 98.9 Å². The molecule has 0 aromatic heterocycles. The highest BCUT2D eigenvalue weighted by atomic mass is 16.7. The van der Waals surface area contributed by atoms with Crippen molar-refractivity contribution in [3.8, 4) is 5.75 Å². The van der Waals surface area contributed by atoms with E-state index >= 15 is 0 Å². The molecule has 6 nitrogen and oxygen atoms in total. The third-order valence-electron chi connectivity index (χ3n) is 1.69. The van der Waals surface area contributed by atoms with Crippen LogP contribution in [0.4, 0.5) is 10.5 Å². The summed E-state index contributed by atoms with van der Waals surface area (Å²) in [5.41, 5.74) is 5.60. The standard InChI is InChI=1S/C10H11NO5/c1-2-15-10(14)16-8-5-6(11)3-4-7(8)9(12)13/h3-5H,2,11H2,1H3,(H,12,13). The van der Waals surface area contributed by atoms with Gasteiger partial charge < -0.3 is 20.3 Å². The second-order valence-electron chi connectivity index (χ2n) is 2.85. The number of anilines is 1. The van der Waals surface area contributed by atoms with Crippen LogP contribution in [-0.4, -0.2) is 23.8 Å². The van der Waals surface area contributed by atoms with E-state index in [1.165, 1.54) is 18.2 Å². The van der Waals surface area contributed by atoms with E-state index in [2.05, 4.69) is 4.74 Å². The SMILES string of the molecule is CCOC(=O)Oc1cc(N)ccc1C(=O)O. The van der Waals surface area contributed by atoms with Crippen molar-refractivity contribution in [1.82, 2.24) is 0 Å². The van der Waals surface area contributed by atoms with E-state index in [9.17, 15) is 9.59 Å². The van der Waals surface area contributed by atoms with Crippen LogP contribution in [0.25, 0.3) is 0 Å². The summed E-state index contributed by atoms with van der Waals surface area (Å²) in [4.78, 5) is 21.8. The van der Waals surface area contributed by atoms with Crippen molar-refractivity contribution in [3.63, 3.8) is 0 Å². The molecule has 0 heterocycles. The zero-order valence-electron chi connectivity index (χ0n) is 8.60. The number of carbonyl (C=O) groups excluding carboxylic acids is 1. The molecule has 0 aliphatic carbocycles. The van der Waals surface area contributed by atoms with Crippen LogP contribution in [0, 0.1) is 0 Å². The highest BCUT2D eigenvalue weighted by molar-refractivity contribution is 5.92. The predicted octanol–water partition coefficient (Wildman–Crippen LogP) is 1.50. The summed E-state index contributed by atoms with van der Waals surface area (Å²) in [6.45, 7) is 1.75. The first-order valence-corrected chi connectivity index (χ1v) is 4.52. The number of carbonyl (C=O) groups is 2. The van der Waals surface area contributed by atoms with Crippen molar-refractivity contribution in [3.05, 3.63) is 23.8 Å². The maximum absolute atomic E-state index is 11.0. The molecule has 6 heteroatoms. The summed E-state index contributed by atoms with van der Waals surface area (Å²) < 4.78 is 9.23. The Morgan fingerprint density at radius 3 is 2.69 bits per heavy atom. The van der Waals surface area contributed by atoms with E-state index in [-0.39, 0.29) is 17.9 Å². The highest BCUT2D eigenvalue weighted by Crippen LogP contribution is 2.22. The van der Waals surface area contributed by atoms with E-state index in [0.717, 1.165) is 0 Å². The van der Waals surface area contributed by atoms with Crippen LogP contribution in [0.3, 0.4) is 0 Å². The Labute approximate surface area is 91.6 Å². The van der Waals surface area contributed by atoms with Crippen LogP contribution in [0.1, 0.15) is 17.3 Å². The number of hydrogen-bond donors (Lipinski definition) is 2. The van der Waals surface area contributed by atoms with Gasteiger partial charge in [-0.25, -0.2) is 9.59 Å². The summed E-state index contributed by atoms with van der Waals surface area (Å²) >= 11 is 0. The number of benzene rings is 1. The molecular formula is C10H11NO5. The number of rotatable bonds is 3. The quantitative estimate of drug-likeness (QED) is 0.459. The summed E-state index contributed by atoms with van der Waals surface area (Å²) in [6, 6.07) is 3.91. The Hall–Kier alpha value is -2.24. The molecule has 0 spiro atoms. The molecule has 0 bridgehead atoms. The number of carboxylic acids is 1.